The van der Waals surface area contributed by atoms with Gasteiger partial charge in [0, 0.05) is 9.90 Å². The van der Waals surface area contributed by atoms with Gasteiger partial charge in [-0.05, 0) is 36.8 Å². The van der Waals surface area contributed by atoms with Gasteiger partial charge < -0.3 is 5.32 Å². The second-order valence-corrected chi connectivity index (χ2v) is 7.86. The van der Waals surface area contributed by atoms with Crippen LogP contribution < -0.4 is 5.32 Å². The predicted molar refractivity (Wildman–Crippen MR) is 99.7 cm³/mol. The summed E-state index contributed by atoms with van der Waals surface area (Å²) in [7, 11) is 0. The fourth-order valence-corrected chi connectivity index (χ4v) is 4.02. The van der Waals surface area contributed by atoms with Crippen LogP contribution in [0.4, 0.5) is 19.1 Å². The molecule has 3 aromatic rings. The van der Waals surface area contributed by atoms with Gasteiger partial charge in [0.05, 0.1) is 10.5 Å². The molecule has 10 heteroatoms. The molecule has 0 spiro atoms. The molecule has 0 aliphatic carbocycles. The third-order valence-electron chi connectivity index (χ3n) is 4.28. The SMILES string of the molecule is Cc1ccc(C(=O)C2=C(C(F)(F)F)Nc3ncnn3C2c2ccc(Cl)cc2)s1. The summed E-state index contributed by atoms with van der Waals surface area (Å²) < 4.78 is 42.9. The minimum Gasteiger partial charge on any atom is -0.320 e. The Morgan fingerprint density at radius 3 is 2.54 bits per heavy atom. The number of allylic oxidation sites excluding steroid dienone is 2. The van der Waals surface area contributed by atoms with Crippen molar-refractivity contribution in [2.75, 3.05) is 5.32 Å². The van der Waals surface area contributed by atoms with Gasteiger partial charge in [0.1, 0.15) is 18.1 Å². The van der Waals surface area contributed by atoms with Gasteiger partial charge in [0.2, 0.25) is 11.7 Å². The van der Waals surface area contributed by atoms with Crippen LogP contribution in [0.15, 0.2) is 54.0 Å². The Balaban J connectivity index is 1.97. The van der Waals surface area contributed by atoms with E-state index in [0.29, 0.717) is 10.6 Å². The highest BCUT2D eigenvalue weighted by Crippen LogP contribution is 2.42. The molecule has 0 radical (unpaired) electrons. The van der Waals surface area contributed by atoms with E-state index in [4.69, 9.17) is 11.6 Å². The number of Topliss-reactive ketones (excluding diaryl/α,β-unsaturated/α-hetero) is 1. The Kier molecular flexibility index (Phi) is 4.51. The number of halogens is 4. The molecule has 1 aromatic carbocycles. The second kappa shape index (κ2) is 6.75. The number of anilines is 1. The minimum atomic E-state index is -4.78. The van der Waals surface area contributed by atoms with Crippen molar-refractivity contribution in [1.82, 2.24) is 14.8 Å². The standard InChI is InChI=1S/C18H12ClF3N4OS/c1-9-2-7-12(28-9)15(27)13-14(10-3-5-11(19)6-4-10)26-17(23-8-24-26)25-16(13)18(20,21)22/h2-8,14H,1H3,(H,23,24,25). The molecule has 1 aliphatic heterocycles. The lowest BCUT2D eigenvalue weighted by atomic mass is 9.91. The number of hydrogen-bond donors (Lipinski definition) is 1. The lowest BCUT2D eigenvalue weighted by Crippen LogP contribution is -2.35. The molecule has 0 saturated carbocycles. The number of nitrogens with zero attached hydrogens (tertiary/aromatic N) is 3. The first kappa shape index (κ1) is 18.7. The molecule has 0 fully saturated rings. The zero-order valence-corrected chi connectivity index (χ0v) is 15.9. The maximum absolute atomic E-state index is 13.9. The van der Waals surface area contributed by atoms with Crippen molar-refractivity contribution in [2.45, 2.75) is 19.1 Å². The molecule has 0 saturated heterocycles. The van der Waals surface area contributed by atoms with E-state index in [2.05, 4.69) is 15.4 Å². The Morgan fingerprint density at radius 2 is 1.93 bits per heavy atom. The molecule has 2 aromatic heterocycles. The number of benzene rings is 1. The number of alkyl halides is 3. The van der Waals surface area contributed by atoms with Crippen molar-refractivity contribution in [3.8, 4) is 0 Å². The van der Waals surface area contributed by atoms with Crippen LogP contribution in [0.25, 0.3) is 0 Å². The van der Waals surface area contributed by atoms with Gasteiger partial charge in [-0.1, -0.05) is 23.7 Å². The molecule has 0 bridgehead atoms. The van der Waals surface area contributed by atoms with Crippen LogP contribution >= 0.6 is 22.9 Å². The average molecular weight is 425 g/mol. The number of ketones is 1. The largest absolute Gasteiger partial charge is 0.431 e. The summed E-state index contributed by atoms with van der Waals surface area (Å²) in [5.74, 6) is -0.801. The monoisotopic (exact) mass is 424 g/mol. The first-order chi connectivity index (χ1) is 13.3. The maximum Gasteiger partial charge on any atom is 0.431 e. The number of thiophene rings is 1. The van der Waals surface area contributed by atoms with Crippen molar-refractivity contribution < 1.29 is 18.0 Å². The fraction of sp³-hybridized carbons (Fsp3) is 0.167. The van der Waals surface area contributed by atoms with Crippen LogP contribution in [0.5, 0.6) is 0 Å². The summed E-state index contributed by atoms with van der Waals surface area (Å²) in [5.41, 5.74) is -1.13. The van der Waals surface area contributed by atoms with Gasteiger partial charge in [-0.15, -0.1) is 11.3 Å². The van der Waals surface area contributed by atoms with Crippen molar-refractivity contribution in [3.63, 3.8) is 0 Å². The number of rotatable bonds is 3. The number of carbonyl (C=O) groups excluding carboxylic acids is 1. The Morgan fingerprint density at radius 1 is 1.21 bits per heavy atom. The summed E-state index contributed by atoms with van der Waals surface area (Å²) >= 11 is 7.06. The lowest BCUT2D eigenvalue weighted by Gasteiger charge is -2.30. The van der Waals surface area contributed by atoms with Crippen molar-refractivity contribution >= 4 is 34.7 Å². The molecule has 28 heavy (non-hydrogen) atoms. The van der Waals surface area contributed by atoms with E-state index in [9.17, 15) is 18.0 Å². The first-order valence-corrected chi connectivity index (χ1v) is 9.29. The van der Waals surface area contributed by atoms with Gasteiger partial charge >= 0.3 is 6.18 Å². The molecule has 144 valence electrons. The molecule has 1 unspecified atom stereocenters. The molecular weight excluding hydrogens is 413 g/mol. The van der Waals surface area contributed by atoms with Gasteiger partial charge in [-0.3, -0.25) is 4.79 Å². The normalized spacial score (nSPS) is 16.7. The van der Waals surface area contributed by atoms with Crippen LogP contribution in [-0.2, 0) is 0 Å². The Labute approximate surface area is 166 Å². The number of aromatic nitrogens is 3. The van der Waals surface area contributed by atoms with Gasteiger partial charge in [0.15, 0.2) is 0 Å². The van der Waals surface area contributed by atoms with Crippen molar-refractivity contribution in [3.05, 3.63) is 74.3 Å². The maximum atomic E-state index is 13.9. The Bertz CT molecular complexity index is 1080. The van der Waals surface area contributed by atoms with Crippen LogP contribution in [0.3, 0.4) is 0 Å². The van der Waals surface area contributed by atoms with Gasteiger partial charge in [-0.2, -0.15) is 23.3 Å². The highest BCUT2D eigenvalue weighted by molar-refractivity contribution is 7.14. The molecule has 4 rings (SSSR count). The van der Waals surface area contributed by atoms with E-state index in [1.54, 1.807) is 37.3 Å². The average Bonchev–Trinajstić information content (AvgIpc) is 3.28. The molecule has 1 N–H and O–H groups in total. The van der Waals surface area contributed by atoms with Crippen LogP contribution in [0.2, 0.25) is 5.02 Å². The second-order valence-electron chi connectivity index (χ2n) is 6.13. The molecule has 5 nitrogen and oxygen atoms in total. The number of aryl methyl sites for hydroxylation is 1. The minimum absolute atomic E-state index is 0.0915. The third kappa shape index (κ3) is 3.20. The Hall–Kier alpha value is -2.65. The smallest absolute Gasteiger partial charge is 0.320 e. The predicted octanol–water partition coefficient (Wildman–Crippen LogP) is 5.02. The quantitative estimate of drug-likeness (QED) is 0.600. The zero-order valence-electron chi connectivity index (χ0n) is 14.3. The fourth-order valence-electron chi connectivity index (χ4n) is 3.07. The summed E-state index contributed by atoms with van der Waals surface area (Å²) in [6, 6.07) is 8.39. The van der Waals surface area contributed by atoms with Crippen LogP contribution in [-0.4, -0.2) is 26.7 Å². The van der Waals surface area contributed by atoms with E-state index in [-0.39, 0.29) is 10.8 Å². The van der Waals surface area contributed by atoms with E-state index in [1.165, 1.54) is 10.7 Å². The summed E-state index contributed by atoms with van der Waals surface area (Å²) in [4.78, 5) is 18.1. The summed E-state index contributed by atoms with van der Waals surface area (Å²) in [6.07, 6.45) is -3.64. The van der Waals surface area contributed by atoms with Gasteiger partial charge in [-0.25, -0.2) is 4.68 Å². The van der Waals surface area contributed by atoms with Crippen LogP contribution in [0, 0.1) is 6.92 Å². The highest BCUT2D eigenvalue weighted by atomic mass is 35.5. The van der Waals surface area contributed by atoms with E-state index >= 15 is 0 Å². The topological polar surface area (TPSA) is 59.8 Å². The lowest BCUT2D eigenvalue weighted by molar-refractivity contribution is -0.0918. The van der Waals surface area contributed by atoms with Crippen molar-refractivity contribution in [2.24, 2.45) is 0 Å². The summed E-state index contributed by atoms with van der Waals surface area (Å²) in [5, 5.41) is 6.71. The van der Waals surface area contributed by atoms with E-state index in [1.807, 2.05) is 0 Å². The highest BCUT2D eigenvalue weighted by Gasteiger charge is 2.46. The van der Waals surface area contributed by atoms with Gasteiger partial charge in [0.25, 0.3) is 0 Å². The zero-order chi connectivity index (χ0) is 20.1. The molecular formula is C18H12ClF3N4OS. The van der Waals surface area contributed by atoms with Crippen LogP contribution in [0.1, 0.15) is 26.2 Å². The molecule has 1 aliphatic rings. The number of hydrogen-bond acceptors (Lipinski definition) is 5. The first-order valence-electron chi connectivity index (χ1n) is 8.10. The number of carbonyl (C=O) groups is 1. The molecule has 1 atom stereocenters. The van der Waals surface area contributed by atoms with E-state index in [0.717, 1.165) is 22.5 Å². The van der Waals surface area contributed by atoms with E-state index < -0.39 is 29.3 Å². The summed E-state index contributed by atoms with van der Waals surface area (Å²) in [6.45, 7) is 1.78. The molecule has 3 heterocycles. The number of nitrogens with one attached hydrogen (secondary N) is 1. The third-order valence-corrected chi connectivity index (χ3v) is 5.53. The molecule has 0 amide bonds. The number of fused-ring (bicyclic) bond motifs is 1. The van der Waals surface area contributed by atoms with Crippen molar-refractivity contribution in [1.29, 1.82) is 0 Å².